The molecule has 0 amide bonds. The highest BCUT2D eigenvalue weighted by atomic mass is 79.9. The van der Waals surface area contributed by atoms with E-state index in [0.29, 0.717) is 10.3 Å². The van der Waals surface area contributed by atoms with Gasteiger partial charge in [0.1, 0.15) is 12.0 Å². The van der Waals surface area contributed by atoms with Crippen molar-refractivity contribution in [2.24, 2.45) is 0 Å². The summed E-state index contributed by atoms with van der Waals surface area (Å²) in [5.74, 6) is 0.659. The number of rotatable bonds is 3. The number of halogens is 1. The maximum absolute atomic E-state index is 10.6. The van der Waals surface area contributed by atoms with Crippen LogP contribution < -0.4 is 4.90 Å². The van der Waals surface area contributed by atoms with Gasteiger partial charge in [-0.1, -0.05) is 0 Å². The van der Waals surface area contributed by atoms with E-state index in [1.165, 1.54) is 12.3 Å². The zero-order valence-corrected chi connectivity index (χ0v) is 10.6. The smallest absolute Gasteiger partial charge is 0.288 e. The van der Waals surface area contributed by atoms with Gasteiger partial charge in [-0.15, -0.1) is 0 Å². The number of pyridine rings is 1. The number of nitrogens with zero attached hydrogens (tertiary/aromatic N) is 3. The highest BCUT2D eigenvalue weighted by Gasteiger charge is 2.27. The number of aromatic nitrogens is 1. The van der Waals surface area contributed by atoms with Crippen LogP contribution in [-0.2, 0) is 0 Å². The van der Waals surface area contributed by atoms with Gasteiger partial charge in [-0.3, -0.25) is 10.1 Å². The number of aliphatic hydroxyl groups is 1. The summed E-state index contributed by atoms with van der Waals surface area (Å²) in [4.78, 5) is 16.2. The van der Waals surface area contributed by atoms with E-state index in [1.54, 1.807) is 0 Å². The number of aliphatic hydroxyl groups excluding tert-OH is 1. The SMILES string of the molecule is O=[N+]([O-])c1cnc(N2CCCC2CO)c(Br)c1. The Morgan fingerprint density at radius 1 is 1.71 bits per heavy atom. The number of hydrogen-bond donors (Lipinski definition) is 1. The Kier molecular flexibility index (Phi) is 3.58. The molecule has 1 aromatic heterocycles. The summed E-state index contributed by atoms with van der Waals surface area (Å²) < 4.78 is 0.590. The third kappa shape index (κ3) is 2.39. The molecule has 1 saturated heterocycles. The van der Waals surface area contributed by atoms with Gasteiger partial charge in [-0.2, -0.15) is 0 Å². The molecule has 0 bridgehead atoms. The van der Waals surface area contributed by atoms with Crippen LogP contribution in [0.25, 0.3) is 0 Å². The maximum Gasteiger partial charge on any atom is 0.288 e. The Morgan fingerprint density at radius 3 is 3.06 bits per heavy atom. The average Bonchev–Trinajstić information content (AvgIpc) is 2.76. The number of nitro groups is 1. The minimum absolute atomic E-state index is 0.0413. The first-order valence-corrected chi connectivity index (χ1v) is 6.10. The van der Waals surface area contributed by atoms with Gasteiger partial charge >= 0.3 is 0 Å². The van der Waals surface area contributed by atoms with Crippen molar-refractivity contribution in [3.8, 4) is 0 Å². The molecule has 17 heavy (non-hydrogen) atoms. The van der Waals surface area contributed by atoms with Gasteiger partial charge in [0, 0.05) is 12.6 Å². The Bertz CT molecular complexity index is 441. The summed E-state index contributed by atoms with van der Waals surface area (Å²) in [5, 5.41) is 19.8. The lowest BCUT2D eigenvalue weighted by molar-refractivity contribution is -0.385. The van der Waals surface area contributed by atoms with Crippen LogP contribution in [0.3, 0.4) is 0 Å². The first kappa shape index (κ1) is 12.3. The van der Waals surface area contributed by atoms with Crippen LogP contribution in [0.4, 0.5) is 11.5 Å². The third-order valence-corrected chi connectivity index (χ3v) is 3.46. The Hall–Kier alpha value is -1.21. The van der Waals surface area contributed by atoms with Gasteiger partial charge in [0.2, 0.25) is 0 Å². The predicted molar refractivity (Wildman–Crippen MR) is 66.0 cm³/mol. The monoisotopic (exact) mass is 301 g/mol. The summed E-state index contributed by atoms with van der Waals surface area (Å²) >= 11 is 3.29. The molecule has 1 aliphatic rings. The molecule has 1 fully saturated rings. The molecule has 1 N–H and O–H groups in total. The summed E-state index contributed by atoms with van der Waals surface area (Å²) in [6, 6.07) is 1.50. The van der Waals surface area contributed by atoms with Crippen molar-refractivity contribution in [3.05, 3.63) is 26.9 Å². The van der Waals surface area contributed by atoms with Crippen molar-refractivity contribution >= 4 is 27.4 Å². The van der Waals surface area contributed by atoms with Crippen LogP contribution in [0.15, 0.2) is 16.7 Å². The lowest BCUT2D eigenvalue weighted by Gasteiger charge is -2.24. The second-order valence-electron chi connectivity index (χ2n) is 3.93. The first-order chi connectivity index (χ1) is 8.13. The molecule has 1 atom stereocenters. The molecule has 1 aromatic rings. The van der Waals surface area contributed by atoms with Crippen LogP contribution in [0.1, 0.15) is 12.8 Å². The quantitative estimate of drug-likeness (QED) is 0.679. The standard InChI is InChI=1S/C10H12BrN3O3/c11-9-4-8(14(16)17)5-12-10(9)13-3-1-2-7(13)6-15/h4-5,7,15H,1-3,6H2. The Morgan fingerprint density at radius 2 is 2.47 bits per heavy atom. The maximum atomic E-state index is 10.6. The normalized spacial score (nSPS) is 19.6. The minimum Gasteiger partial charge on any atom is -0.394 e. The van der Waals surface area contributed by atoms with Crippen molar-refractivity contribution in [1.82, 2.24) is 4.98 Å². The van der Waals surface area contributed by atoms with Crippen molar-refractivity contribution in [2.45, 2.75) is 18.9 Å². The first-order valence-electron chi connectivity index (χ1n) is 5.31. The summed E-state index contributed by atoms with van der Waals surface area (Å²) in [6.45, 7) is 0.889. The molecule has 1 unspecified atom stereocenters. The number of hydrogen-bond acceptors (Lipinski definition) is 5. The molecule has 0 aromatic carbocycles. The van der Waals surface area contributed by atoms with Gasteiger partial charge in [-0.05, 0) is 28.8 Å². The lowest BCUT2D eigenvalue weighted by Crippen LogP contribution is -2.32. The van der Waals surface area contributed by atoms with E-state index < -0.39 is 4.92 Å². The molecular weight excluding hydrogens is 290 g/mol. The molecule has 2 rings (SSSR count). The Labute approximate surface area is 107 Å². The van der Waals surface area contributed by atoms with Crippen LogP contribution >= 0.6 is 15.9 Å². The van der Waals surface area contributed by atoms with E-state index in [1.807, 2.05) is 4.90 Å². The van der Waals surface area contributed by atoms with Gasteiger partial charge in [0.15, 0.2) is 0 Å². The second-order valence-corrected chi connectivity index (χ2v) is 4.78. The molecule has 7 heteroatoms. The van der Waals surface area contributed by atoms with Crippen molar-refractivity contribution in [3.63, 3.8) is 0 Å². The fourth-order valence-corrected chi connectivity index (χ4v) is 2.60. The molecule has 2 heterocycles. The zero-order chi connectivity index (χ0) is 12.4. The van der Waals surface area contributed by atoms with Crippen molar-refractivity contribution in [2.75, 3.05) is 18.1 Å². The predicted octanol–water partition coefficient (Wildman–Crippen LogP) is 1.71. The van der Waals surface area contributed by atoms with Crippen LogP contribution in [0, 0.1) is 10.1 Å². The summed E-state index contributed by atoms with van der Waals surface area (Å²) in [6.07, 6.45) is 3.16. The molecular formula is C10H12BrN3O3. The third-order valence-electron chi connectivity index (χ3n) is 2.88. The van der Waals surface area contributed by atoms with Crippen LogP contribution in [0.2, 0.25) is 0 Å². The summed E-state index contributed by atoms with van der Waals surface area (Å²) in [5.41, 5.74) is -0.0413. The van der Waals surface area contributed by atoms with E-state index in [0.717, 1.165) is 19.4 Å². The molecule has 0 aliphatic carbocycles. The Balaban J connectivity index is 2.30. The molecule has 1 aliphatic heterocycles. The van der Waals surface area contributed by atoms with Gasteiger partial charge in [-0.25, -0.2) is 4.98 Å². The molecule has 0 spiro atoms. The second kappa shape index (κ2) is 4.97. The molecule has 0 saturated carbocycles. The fourth-order valence-electron chi connectivity index (χ4n) is 2.04. The van der Waals surface area contributed by atoms with Crippen molar-refractivity contribution in [1.29, 1.82) is 0 Å². The highest BCUT2D eigenvalue weighted by molar-refractivity contribution is 9.10. The zero-order valence-electron chi connectivity index (χ0n) is 9.04. The van der Waals surface area contributed by atoms with Crippen LogP contribution in [-0.4, -0.2) is 34.2 Å². The van der Waals surface area contributed by atoms with Gasteiger partial charge in [0.05, 0.1) is 22.0 Å². The largest absolute Gasteiger partial charge is 0.394 e. The van der Waals surface area contributed by atoms with E-state index in [-0.39, 0.29) is 18.3 Å². The van der Waals surface area contributed by atoms with E-state index in [9.17, 15) is 15.2 Å². The van der Waals surface area contributed by atoms with E-state index >= 15 is 0 Å². The fraction of sp³-hybridized carbons (Fsp3) is 0.500. The van der Waals surface area contributed by atoms with Gasteiger partial charge < -0.3 is 10.0 Å². The van der Waals surface area contributed by atoms with E-state index in [4.69, 9.17) is 0 Å². The minimum atomic E-state index is -0.477. The molecule has 0 radical (unpaired) electrons. The lowest BCUT2D eigenvalue weighted by atomic mass is 10.2. The topological polar surface area (TPSA) is 79.5 Å². The molecule has 6 nitrogen and oxygen atoms in total. The van der Waals surface area contributed by atoms with Crippen molar-refractivity contribution < 1.29 is 10.0 Å². The molecule has 92 valence electrons. The van der Waals surface area contributed by atoms with Gasteiger partial charge in [0.25, 0.3) is 5.69 Å². The summed E-state index contributed by atoms with van der Waals surface area (Å²) in [7, 11) is 0. The average molecular weight is 302 g/mol. The highest BCUT2D eigenvalue weighted by Crippen LogP contribution is 2.32. The van der Waals surface area contributed by atoms with Crippen LogP contribution in [0.5, 0.6) is 0 Å². The van der Waals surface area contributed by atoms with E-state index in [2.05, 4.69) is 20.9 Å². The number of anilines is 1.